The number of carbonyl (C=O) groups is 1. The summed E-state index contributed by atoms with van der Waals surface area (Å²) in [6, 6.07) is 13.3. The lowest BCUT2D eigenvalue weighted by molar-refractivity contribution is -0.941. The summed E-state index contributed by atoms with van der Waals surface area (Å²) < 4.78 is 48.5. The Kier molecular flexibility index (Phi) is 12.6. The second-order valence-corrected chi connectivity index (χ2v) is 13.4. The summed E-state index contributed by atoms with van der Waals surface area (Å²) >= 11 is 0. The second-order valence-electron chi connectivity index (χ2n) is 13.4. The number of carbonyl (C=O) groups excluding carboxylic acids is 1. The maximum atomic E-state index is 14.1. The van der Waals surface area contributed by atoms with E-state index in [-0.39, 0.29) is 35.6 Å². The van der Waals surface area contributed by atoms with Crippen molar-refractivity contribution in [2.75, 3.05) is 78.1 Å². The number of unbranched alkanes of at least 4 members (excludes halogenated alkanes) is 4. The van der Waals surface area contributed by atoms with E-state index in [0.29, 0.717) is 35.1 Å². The molecule has 3 fully saturated rings. The molecule has 3 saturated heterocycles. The van der Waals surface area contributed by atoms with Crippen LogP contribution in [0.15, 0.2) is 65.6 Å². The summed E-state index contributed by atoms with van der Waals surface area (Å²) in [6.45, 7) is 11.3. The summed E-state index contributed by atoms with van der Waals surface area (Å²) in [7, 11) is 3.08. The summed E-state index contributed by atoms with van der Waals surface area (Å²) in [5.41, 5.74) is 0.447. The van der Waals surface area contributed by atoms with Gasteiger partial charge in [-0.1, -0.05) is 12.8 Å². The zero-order valence-electron chi connectivity index (χ0n) is 29.6. The molecule has 1 aromatic heterocycles. The van der Waals surface area contributed by atoms with Gasteiger partial charge in [-0.2, -0.15) is 0 Å². The van der Waals surface area contributed by atoms with Gasteiger partial charge in [-0.15, -0.1) is 0 Å². The molecule has 4 aromatic rings. The number of halogens is 3. The van der Waals surface area contributed by atoms with Gasteiger partial charge in [-0.05, 0) is 50.5 Å². The predicted octanol–water partition coefficient (Wildman–Crippen LogP) is 3.43. The van der Waals surface area contributed by atoms with Crippen LogP contribution < -0.4 is 36.9 Å². The van der Waals surface area contributed by atoms with Crippen molar-refractivity contribution >= 4 is 22.5 Å². The minimum absolute atomic E-state index is 0. The lowest BCUT2D eigenvalue weighted by Gasteiger charge is -2.50. The molecule has 0 spiro atoms. The van der Waals surface area contributed by atoms with Gasteiger partial charge in [0, 0.05) is 73.8 Å². The van der Waals surface area contributed by atoms with Gasteiger partial charge < -0.3 is 40.6 Å². The van der Waals surface area contributed by atoms with E-state index in [0.717, 1.165) is 31.0 Å². The molecule has 12 heteroatoms. The first-order chi connectivity index (χ1) is 24.2. The minimum Gasteiger partial charge on any atom is -1.00 e. The second kappa shape index (κ2) is 16.9. The van der Waals surface area contributed by atoms with Gasteiger partial charge in [0.25, 0.3) is 5.91 Å². The molecule has 4 heterocycles. The van der Waals surface area contributed by atoms with Crippen LogP contribution in [0, 0.1) is 11.6 Å². The molecule has 0 unspecified atom stereocenters. The molecule has 7 rings (SSSR count). The predicted molar refractivity (Wildman–Crippen MR) is 191 cm³/mol. The zero-order valence-corrected chi connectivity index (χ0v) is 30.4. The third-order valence-electron chi connectivity index (χ3n) is 10.3. The molecule has 9 nitrogen and oxygen atoms in total. The number of benzene rings is 3. The van der Waals surface area contributed by atoms with Gasteiger partial charge in [-0.25, -0.2) is 8.78 Å². The average Bonchev–Trinajstić information content (AvgIpc) is 3.13. The Hall–Kier alpha value is -4.19. The number of amides is 1. The fourth-order valence-electron chi connectivity index (χ4n) is 7.31. The van der Waals surface area contributed by atoms with Gasteiger partial charge in [0.05, 0.1) is 58.2 Å². The van der Waals surface area contributed by atoms with Crippen molar-refractivity contribution in [1.82, 2.24) is 9.47 Å². The van der Waals surface area contributed by atoms with Gasteiger partial charge >= 0.3 is 0 Å². The maximum absolute atomic E-state index is 14.1. The van der Waals surface area contributed by atoms with Gasteiger partial charge in [0.1, 0.15) is 34.4 Å². The first-order valence-electron chi connectivity index (χ1n) is 17.6. The molecule has 1 amide bonds. The van der Waals surface area contributed by atoms with E-state index >= 15 is 0 Å². The van der Waals surface area contributed by atoms with E-state index in [2.05, 4.69) is 4.90 Å². The molecular weight excluding hydrogens is 678 g/mol. The molecule has 2 bridgehead atoms. The average molecular weight is 725 g/mol. The molecule has 0 atom stereocenters. The van der Waals surface area contributed by atoms with Crippen molar-refractivity contribution in [3.05, 3.63) is 88.2 Å². The lowest BCUT2D eigenvalue weighted by atomic mass is 10.1. The number of quaternary nitrogens is 1. The van der Waals surface area contributed by atoms with Crippen LogP contribution in [0.25, 0.3) is 16.6 Å². The Balaban J connectivity index is 0.00000504. The number of pyridine rings is 1. The van der Waals surface area contributed by atoms with Crippen LogP contribution in [0.4, 0.5) is 14.5 Å². The highest BCUT2D eigenvalue weighted by molar-refractivity contribution is 6.07. The smallest absolute Gasteiger partial charge is 0.263 e. The normalized spacial score (nSPS) is 17.9. The highest BCUT2D eigenvalue weighted by atomic mass is 35.5. The fraction of sp³-hybridized carbons (Fsp3) is 0.436. The van der Waals surface area contributed by atoms with Gasteiger partial charge in [0.2, 0.25) is 5.43 Å². The zero-order chi connectivity index (χ0) is 35.3. The number of piperazine rings is 3. The molecule has 3 aliphatic heterocycles. The number of methoxy groups -OCH3 is 2. The van der Waals surface area contributed by atoms with E-state index in [1.165, 1.54) is 94.9 Å². The largest absolute Gasteiger partial charge is 1.00 e. The number of ether oxygens (including phenoxy) is 3. The number of aromatic nitrogens is 1. The first kappa shape index (κ1) is 38.1. The van der Waals surface area contributed by atoms with Crippen molar-refractivity contribution in [3.63, 3.8) is 0 Å². The Labute approximate surface area is 304 Å². The standard InChI is InChI=1S/C39H47F2N4O5.ClH/c1-4-43(30-21-28(40)20-29(41)22-30)39(47)36-27-44(31-23-33(48-2)25-34(24-31)49-3)37-26-32(10-11-35(37)38(36)46)50-19-9-7-5-6-8-15-45-16-12-42(13-17-45)14-18-45;/h10-11,20-27H,4-9,12-19H2,1-3H3;1H/q+1;/p-1. The topological polar surface area (TPSA) is 73.2 Å². The Morgan fingerprint density at radius 1 is 0.824 bits per heavy atom. The highest BCUT2D eigenvalue weighted by Gasteiger charge is 2.37. The fourth-order valence-corrected chi connectivity index (χ4v) is 7.31. The van der Waals surface area contributed by atoms with E-state index < -0.39 is 23.0 Å². The maximum Gasteiger partial charge on any atom is 0.263 e. The Bertz CT molecular complexity index is 1840. The number of nitrogens with zero attached hydrogens (tertiary/aromatic N) is 4. The number of hydrogen-bond donors (Lipinski definition) is 0. The van der Waals surface area contributed by atoms with Crippen molar-refractivity contribution in [1.29, 1.82) is 0 Å². The number of rotatable bonds is 15. The first-order valence-corrected chi connectivity index (χ1v) is 17.6. The minimum atomic E-state index is -0.822. The molecule has 3 aliphatic rings. The quantitative estimate of drug-likeness (QED) is 0.138. The summed E-state index contributed by atoms with van der Waals surface area (Å²) in [5.74, 6) is -0.699. The Morgan fingerprint density at radius 3 is 2.08 bits per heavy atom. The van der Waals surface area contributed by atoms with E-state index in [1.54, 1.807) is 47.9 Å². The van der Waals surface area contributed by atoms with E-state index in [1.807, 2.05) is 0 Å². The third kappa shape index (κ3) is 8.65. The Morgan fingerprint density at radius 2 is 1.45 bits per heavy atom. The van der Waals surface area contributed by atoms with Crippen molar-refractivity contribution in [2.24, 2.45) is 0 Å². The number of anilines is 1. The molecule has 274 valence electrons. The van der Waals surface area contributed by atoms with Crippen molar-refractivity contribution in [3.8, 4) is 22.9 Å². The molecule has 0 aliphatic carbocycles. The van der Waals surface area contributed by atoms with Gasteiger partial charge in [0.15, 0.2) is 0 Å². The van der Waals surface area contributed by atoms with Crippen LogP contribution >= 0.6 is 0 Å². The van der Waals surface area contributed by atoms with Crippen LogP contribution in [-0.4, -0.2) is 93.0 Å². The number of fused-ring (bicyclic) bond motifs is 4. The van der Waals surface area contributed by atoms with Crippen LogP contribution in [0.5, 0.6) is 17.2 Å². The molecule has 0 N–H and O–H groups in total. The molecular formula is C39H47ClF2N4O5. The molecule has 3 aromatic carbocycles. The van der Waals surface area contributed by atoms with E-state index in [4.69, 9.17) is 14.2 Å². The third-order valence-corrected chi connectivity index (χ3v) is 10.3. The van der Waals surface area contributed by atoms with Crippen LogP contribution in [0.3, 0.4) is 0 Å². The monoisotopic (exact) mass is 724 g/mol. The van der Waals surface area contributed by atoms with Crippen LogP contribution in [0.1, 0.15) is 49.4 Å². The van der Waals surface area contributed by atoms with Crippen LogP contribution in [-0.2, 0) is 0 Å². The summed E-state index contributed by atoms with van der Waals surface area (Å²) in [6.07, 6.45) is 7.16. The van der Waals surface area contributed by atoms with E-state index in [9.17, 15) is 18.4 Å². The molecule has 0 saturated carbocycles. The van der Waals surface area contributed by atoms with Crippen LogP contribution in [0.2, 0.25) is 0 Å². The van der Waals surface area contributed by atoms with Gasteiger partial charge in [-0.3, -0.25) is 14.5 Å². The van der Waals surface area contributed by atoms with Crippen molar-refractivity contribution in [2.45, 2.75) is 39.0 Å². The SMILES string of the molecule is CCN(C(=O)c1cn(-c2cc(OC)cc(OC)c2)c2cc(OCCCCCCC[N+]34CCN(CC3)CC4)ccc2c1=O)c1cc(F)cc(F)c1.[Cl-]. The van der Waals surface area contributed by atoms with Crippen molar-refractivity contribution < 1.29 is 44.7 Å². The lowest BCUT2D eigenvalue weighted by Crippen LogP contribution is -3.00. The highest BCUT2D eigenvalue weighted by Crippen LogP contribution is 2.30. The molecule has 51 heavy (non-hydrogen) atoms. The summed E-state index contributed by atoms with van der Waals surface area (Å²) in [4.78, 5) is 31.6. The number of hydrogen-bond acceptors (Lipinski definition) is 6. The summed E-state index contributed by atoms with van der Waals surface area (Å²) in [5, 5.41) is 0.285. The molecule has 0 radical (unpaired) electrons.